The van der Waals surface area contributed by atoms with Gasteiger partial charge in [-0.1, -0.05) is 35.4 Å². The van der Waals surface area contributed by atoms with Gasteiger partial charge in [-0.3, -0.25) is 19.2 Å². The van der Waals surface area contributed by atoms with Crippen LogP contribution in [0.5, 0.6) is 0 Å². The maximum absolute atomic E-state index is 14.1. The number of fused-ring (bicyclic) bond motifs is 2. The Kier molecular flexibility index (Phi) is 5.20. The van der Waals surface area contributed by atoms with Crippen molar-refractivity contribution < 1.29 is 28.3 Å². The molecular formula is C28H24O6P2. The summed E-state index contributed by atoms with van der Waals surface area (Å²) in [5, 5.41) is 0.405. The van der Waals surface area contributed by atoms with Gasteiger partial charge in [-0.15, -0.1) is 0 Å². The van der Waals surface area contributed by atoms with Crippen LogP contribution in [-0.4, -0.2) is 22.1 Å². The fourth-order valence-corrected chi connectivity index (χ4v) is 11.4. The van der Waals surface area contributed by atoms with Crippen LogP contribution >= 0.6 is 14.3 Å². The first-order valence-corrected chi connectivity index (χ1v) is 14.9. The summed E-state index contributed by atoms with van der Waals surface area (Å²) < 4.78 is 28.3. The topological polar surface area (TPSA) is 102 Å². The molecule has 5 rings (SSSR count). The molecule has 0 fully saturated rings. The van der Waals surface area contributed by atoms with E-state index >= 15 is 0 Å². The Labute approximate surface area is 208 Å². The molecule has 36 heavy (non-hydrogen) atoms. The predicted octanol–water partition coefficient (Wildman–Crippen LogP) is 5.50. The normalized spacial score (nSPS) is 17.5. The quantitative estimate of drug-likeness (QED) is 0.415. The van der Waals surface area contributed by atoms with Crippen LogP contribution in [0.1, 0.15) is 74.8 Å². The zero-order chi connectivity index (χ0) is 26.5. The van der Waals surface area contributed by atoms with E-state index in [2.05, 4.69) is 0 Å². The van der Waals surface area contributed by atoms with Crippen molar-refractivity contribution in [2.75, 3.05) is 0 Å². The maximum atomic E-state index is 14.1. The van der Waals surface area contributed by atoms with E-state index < -0.39 is 36.4 Å². The fourth-order valence-electron chi connectivity index (χ4n) is 5.91. The van der Waals surface area contributed by atoms with Gasteiger partial charge in [0.2, 0.25) is 36.4 Å². The number of hydrogen-bond acceptors (Lipinski definition) is 6. The Morgan fingerprint density at radius 3 is 0.861 bits per heavy atom. The first kappa shape index (κ1) is 24.5. The average molecular weight is 518 g/mol. The lowest BCUT2D eigenvalue weighted by Gasteiger charge is -2.16. The molecule has 3 aromatic carbocycles. The second-order valence-electron chi connectivity index (χ2n) is 9.88. The molecule has 0 saturated heterocycles. The van der Waals surface area contributed by atoms with Crippen LogP contribution in [0.4, 0.5) is 0 Å². The van der Waals surface area contributed by atoms with E-state index in [1.54, 1.807) is 52.0 Å². The summed E-state index contributed by atoms with van der Waals surface area (Å²) in [5.41, 5.74) is 0.0299. The molecule has 3 aromatic rings. The summed E-state index contributed by atoms with van der Waals surface area (Å²) in [6.45, 7) is 10.5. The van der Waals surface area contributed by atoms with Crippen molar-refractivity contribution in [3.05, 3.63) is 92.0 Å². The van der Waals surface area contributed by atoms with Gasteiger partial charge < -0.3 is 9.13 Å². The molecule has 0 aromatic heterocycles. The van der Waals surface area contributed by atoms with E-state index in [4.69, 9.17) is 0 Å². The van der Waals surface area contributed by atoms with Crippen molar-refractivity contribution in [2.45, 2.75) is 41.5 Å². The Balaban J connectivity index is 1.71. The zero-order valence-corrected chi connectivity index (χ0v) is 22.6. The number of rotatable bonds is 2. The second kappa shape index (κ2) is 7.65. The molecule has 6 nitrogen and oxygen atoms in total. The maximum Gasteiger partial charge on any atom is 0.249 e. The third-order valence-corrected chi connectivity index (χ3v) is 13.0. The van der Waals surface area contributed by atoms with Crippen molar-refractivity contribution in [1.82, 2.24) is 0 Å². The highest BCUT2D eigenvalue weighted by Gasteiger charge is 2.56. The van der Waals surface area contributed by atoms with Gasteiger partial charge in [0, 0.05) is 32.9 Å². The van der Waals surface area contributed by atoms with Gasteiger partial charge in [0.05, 0.1) is 0 Å². The van der Waals surface area contributed by atoms with Crippen LogP contribution in [0.2, 0.25) is 0 Å². The molecule has 0 N–H and O–H groups in total. The molecule has 2 heterocycles. The van der Waals surface area contributed by atoms with E-state index in [0.29, 0.717) is 22.3 Å². The summed E-state index contributed by atoms with van der Waals surface area (Å²) in [6.07, 6.45) is 0. The fraction of sp³-hybridized carbons (Fsp3) is 0.214. The van der Waals surface area contributed by atoms with Gasteiger partial charge in [-0.05, 0) is 75.9 Å². The van der Waals surface area contributed by atoms with Crippen LogP contribution in [0.15, 0.2) is 36.4 Å². The molecule has 0 radical (unpaired) electrons. The third kappa shape index (κ3) is 2.92. The van der Waals surface area contributed by atoms with E-state index in [-0.39, 0.29) is 32.9 Å². The molecular weight excluding hydrogens is 494 g/mol. The highest BCUT2D eigenvalue weighted by Crippen LogP contribution is 2.62. The number of carbonyl (C=O) groups is 4. The van der Waals surface area contributed by atoms with Gasteiger partial charge in [0.1, 0.15) is 0 Å². The highest BCUT2D eigenvalue weighted by atomic mass is 31.2. The lowest BCUT2D eigenvalue weighted by Crippen LogP contribution is -2.20. The molecule has 0 aliphatic carbocycles. The van der Waals surface area contributed by atoms with Crippen molar-refractivity contribution in [3.8, 4) is 0 Å². The lowest BCUT2D eigenvalue weighted by atomic mass is 10.0. The minimum Gasteiger partial charge on any atom is -0.302 e. The molecule has 2 aliphatic heterocycles. The van der Waals surface area contributed by atoms with Crippen molar-refractivity contribution in [3.63, 3.8) is 0 Å². The third-order valence-electron chi connectivity index (χ3n) is 7.12. The monoisotopic (exact) mass is 518 g/mol. The highest BCUT2D eigenvalue weighted by molar-refractivity contribution is 8.02. The summed E-state index contributed by atoms with van der Waals surface area (Å²) in [6, 6.07) is 9.37. The number of hydrogen-bond donors (Lipinski definition) is 0. The molecule has 8 heteroatoms. The van der Waals surface area contributed by atoms with Crippen LogP contribution in [0.3, 0.4) is 0 Å². The van der Waals surface area contributed by atoms with Crippen LogP contribution in [0, 0.1) is 41.5 Å². The van der Waals surface area contributed by atoms with Crippen molar-refractivity contribution >= 4 is 47.0 Å². The average Bonchev–Trinajstić information content (AvgIpc) is 3.07. The molecule has 0 saturated carbocycles. The summed E-state index contributed by atoms with van der Waals surface area (Å²) in [4.78, 5) is 54.1. The van der Waals surface area contributed by atoms with Crippen molar-refractivity contribution in [1.29, 1.82) is 0 Å². The van der Waals surface area contributed by atoms with Crippen LogP contribution in [-0.2, 0) is 9.13 Å². The van der Waals surface area contributed by atoms with Gasteiger partial charge in [0.25, 0.3) is 0 Å². The Hall–Kier alpha value is -3.20. The molecule has 182 valence electrons. The molecule has 0 unspecified atom stereocenters. The van der Waals surface area contributed by atoms with E-state index in [0.717, 1.165) is 23.3 Å². The SMILES string of the molecule is Cc1cc(C)c(P2(=O)C(=O)c3cc4c(cc3C2=O)C(=O)P(=O)(c2c(C)cc(C)cc2C)C4=O)c(C)c1. The minimum absolute atomic E-state index is 0.159. The standard InChI is InChI=1S/C28H24O6P2/c1-13-7-15(3)23(16(4)8-13)35(33)25(29)19-11-21-22(12-20(19)26(35)30)28(32)36(34,27(21)31)24-17(5)9-14(2)10-18(24)6/h7-12H,1-6H3. The van der Waals surface area contributed by atoms with E-state index in [1.165, 1.54) is 0 Å². The number of carbonyl (C=O) groups excluding carboxylic acids is 4. The molecule has 0 amide bonds. The molecule has 0 bridgehead atoms. The Bertz CT molecular complexity index is 1490. The van der Waals surface area contributed by atoms with Crippen LogP contribution < -0.4 is 10.6 Å². The lowest BCUT2D eigenvalue weighted by molar-refractivity contribution is 0.105. The Morgan fingerprint density at radius 1 is 0.417 bits per heavy atom. The summed E-state index contributed by atoms with van der Waals surface area (Å²) in [7, 11) is -8.46. The number of benzene rings is 3. The van der Waals surface area contributed by atoms with Gasteiger partial charge in [-0.2, -0.15) is 0 Å². The first-order chi connectivity index (χ1) is 16.7. The Morgan fingerprint density at radius 2 is 0.639 bits per heavy atom. The zero-order valence-electron chi connectivity index (χ0n) is 20.8. The second-order valence-corrected chi connectivity index (χ2v) is 14.8. The first-order valence-electron chi connectivity index (χ1n) is 11.5. The molecule has 2 aliphatic rings. The smallest absolute Gasteiger partial charge is 0.249 e. The predicted molar refractivity (Wildman–Crippen MR) is 140 cm³/mol. The summed E-state index contributed by atoms with van der Waals surface area (Å²) in [5.74, 6) is 0. The molecule has 0 atom stereocenters. The largest absolute Gasteiger partial charge is 0.302 e. The minimum atomic E-state index is -4.23. The van der Waals surface area contributed by atoms with Gasteiger partial charge in [0.15, 0.2) is 0 Å². The van der Waals surface area contributed by atoms with Gasteiger partial charge >= 0.3 is 0 Å². The summed E-state index contributed by atoms with van der Waals surface area (Å²) >= 11 is 0. The van der Waals surface area contributed by atoms with E-state index in [1.807, 2.05) is 13.8 Å². The number of aryl methyl sites for hydroxylation is 6. The van der Waals surface area contributed by atoms with Crippen LogP contribution in [0.25, 0.3) is 0 Å². The molecule has 0 spiro atoms. The van der Waals surface area contributed by atoms with Crippen molar-refractivity contribution in [2.24, 2.45) is 0 Å². The van der Waals surface area contributed by atoms with Gasteiger partial charge in [-0.25, -0.2) is 0 Å². The van der Waals surface area contributed by atoms with E-state index in [9.17, 15) is 28.3 Å².